The minimum atomic E-state index is -1.02. The summed E-state index contributed by atoms with van der Waals surface area (Å²) in [6.07, 6.45) is 2.97. The monoisotopic (exact) mass is 543 g/mol. The quantitative estimate of drug-likeness (QED) is 0.351. The summed E-state index contributed by atoms with van der Waals surface area (Å²) >= 11 is 5.82. The predicted molar refractivity (Wildman–Crippen MR) is 140 cm³/mol. The second-order valence-electron chi connectivity index (χ2n) is 9.23. The van der Waals surface area contributed by atoms with Crippen molar-refractivity contribution in [2.45, 2.75) is 45.4 Å². The summed E-state index contributed by atoms with van der Waals surface area (Å²) in [5.41, 5.74) is 1.92. The fourth-order valence-electron chi connectivity index (χ4n) is 4.53. The van der Waals surface area contributed by atoms with Crippen LogP contribution >= 0.6 is 11.6 Å². The number of carboxylic acid groups (broad SMARTS) is 1. The number of halogens is 2. The molecule has 0 saturated carbocycles. The first-order chi connectivity index (χ1) is 18.3. The van der Waals surface area contributed by atoms with E-state index in [9.17, 15) is 9.18 Å². The summed E-state index contributed by atoms with van der Waals surface area (Å²) < 4.78 is 27.0. The number of carboxylic acids is 1. The number of allylic oxidation sites excluding steroid dienone is 1. The van der Waals surface area contributed by atoms with E-state index in [2.05, 4.69) is 20.1 Å². The largest absolute Gasteiger partial charge is 0.478 e. The smallest absolute Gasteiger partial charge is 0.328 e. The second-order valence-corrected chi connectivity index (χ2v) is 9.66. The molecule has 0 aliphatic carbocycles. The van der Waals surface area contributed by atoms with Gasteiger partial charge in [-0.05, 0) is 51.1 Å². The molecule has 3 aromatic rings. The molecule has 0 unspecified atom stereocenters. The molecule has 1 saturated heterocycles. The average molecular weight is 544 g/mol. The molecule has 4 rings (SSSR count). The molecule has 9 nitrogen and oxygen atoms in total. The molecule has 1 aliphatic heterocycles. The van der Waals surface area contributed by atoms with E-state index in [-0.39, 0.29) is 12.5 Å². The molecule has 2 aromatic heterocycles. The number of hydrogen-bond donors (Lipinski definition) is 1. The third kappa shape index (κ3) is 7.15. The van der Waals surface area contributed by atoms with Gasteiger partial charge in [0, 0.05) is 53.6 Å². The predicted octanol–water partition coefficient (Wildman–Crippen LogP) is 4.56. The van der Waals surface area contributed by atoms with Crippen molar-refractivity contribution in [3.63, 3.8) is 0 Å². The first-order valence-electron chi connectivity index (χ1n) is 12.4. The van der Waals surface area contributed by atoms with E-state index in [4.69, 9.17) is 26.2 Å². The summed E-state index contributed by atoms with van der Waals surface area (Å²) in [6, 6.07) is 10.2. The summed E-state index contributed by atoms with van der Waals surface area (Å²) in [5.74, 6) is 0.630. The van der Waals surface area contributed by atoms with Gasteiger partial charge in [-0.25, -0.2) is 14.2 Å². The Balaban J connectivity index is 1.36. The van der Waals surface area contributed by atoms with Crippen LogP contribution in [0.15, 0.2) is 42.5 Å². The Morgan fingerprint density at radius 1 is 1.24 bits per heavy atom. The summed E-state index contributed by atoms with van der Waals surface area (Å²) in [4.78, 5) is 18.1. The lowest BCUT2D eigenvalue weighted by atomic mass is 9.93. The Morgan fingerprint density at radius 3 is 2.74 bits per heavy atom. The fourth-order valence-corrected chi connectivity index (χ4v) is 4.69. The highest BCUT2D eigenvalue weighted by molar-refractivity contribution is 6.30. The van der Waals surface area contributed by atoms with Crippen molar-refractivity contribution in [3.05, 3.63) is 76.2 Å². The van der Waals surface area contributed by atoms with Gasteiger partial charge in [-0.3, -0.25) is 4.90 Å². The fraction of sp³-hybridized carbons (Fsp3) is 0.407. The van der Waals surface area contributed by atoms with Crippen LogP contribution in [0, 0.1) is 5.82 Å². The van der Waals surface area contributed by atoms with E-state index in [1.807, 2.05) is 16.7 Å². The number of methoxy groups -OCH3 is 1. The van der Waals surface area contributed by atoms with Gasteiger partial charge in [0.05, 0.1) is 13.2 Å². The Kier molecular flexibility index (Phi) is 9.43. The molecule has 11 heteroatoms. The van der Waals surface area contributed by atoms with Gasteiger partial charge in [0.15, 0.2) is 5.82 Å². The van der Waals surface area contributed by atoms with Gasteiger partial charge in [0.25, 0.3) is 0 Å². The molecular formula is C27H31ClFN5O4. The molecule has 0 atom stereocenters. The highest BCUT2D eigenvalue weighted by Crippen LogP contribution is 2.29. The van der Waals surface area contributed by atoms with Gasteiger partial charge in [-0.1, -0.05) is 23.7 Å². The molecule has 0 spiro atoms. The number of hydrogen-bond acceptors (Lipinski definition) is 7. The molecule has 1 fully saturated rings. The normalized spacial score (nSPS) is 15.1. The van der Waals surface area contributed by atoms with Gasteiger partial charge in [0.2, 0.25) is 5.88 Å². The number of piperidine rings is 1. The number of pyridine rings is 1. The van der Waals surface area contributed by atoms with Gasteiger partial charge in [-0.15, -0.1) is 10.2 Å². The van der Waals surface area contributed by atoms with Gasteiger partial charge in [-0.2, -0.15) is 0 Å². The zero-order valence-electron chi connectivity index (χ0n) is 21.4. The van der Waals surface area contributed by atoms with Crippen molar-refractivity contribution in [3.8, 4) is 5.88 Å². The van der Waals surface area contributed by atoms with E-state index < -0.39 is 11.8 Å². The van der Waals surface area contributed by atoms with E-state index in [0.29, 0.717) is 47.6 Å². The lowest BCUT2D eigenvalue weighted by molar-refractivity contribution is -0.131. The molecule has 1 aromatic carbocycles. The number of likely N-dealkylation sites (tertiary alicyclic amines) is 1. The zero-order valence-corrected chi connectivity index (χ0v) is 22.2. The molecule has 0 radical (unpaired) electrons. The van der Waals surface area contributed by atoms with E-state index >= 15 is 0 Å². The van der Waals surface area contributed by atoms with Gasteiger partial charge >= 0.3 is 5.97 Å². The topological polar surface area (TPSA) is 103 Å². The number of benzene rings is 1. The molecular weight excluding hydrogens is 513 g/mol. The van der Waals surface area contributed by atoms with Crippen molar-refractivity contribution in [2.24, 2.45) is 0 Å². The summed E-state index contributed by atoms with van der Waals surface area (Å²) in [6.45, 7) is 5.10. The van der Waals surface area contributed by atoms with Gasteiger partial charge < -0.3 is 19.1 Å². The lowest BCUT2D eigenvalue weighted by Gasteiger charge is -2.31. The Hall–Kier alpha value is -3.34. The van der Waals surface area contributed by atoms with Crippen molar-refractivity contribution >= 4 is 23.1 Å². The van der Waals surface area contributed by atoms with Crippen LogP contribution in [-0.4, -0.2) is 62.5 Å². The number of nitrogens with zero attached hydrogens (tertiary/aromatic N) is 5. The number of carbonyl (C=O) groups is 1. The molecule has 202 valence electrons. The molecule has 1 N–H and O–H groups in total. The average Bonchev–Trinajstić information content (AvgIpc) is 3.29. The van der Waals surface area contributed by atoms with Crippen LogP contribution in [0.3, 0.4) is 0 Å². The van der Waals surface area contributed by atoms with Crippen LogP contribution in [0.1, 0.15) is 48.6 Å². The first kappa shape index (κ1) is 27.7. The van der Waals surface area contributed by atoms with Crippen LogP contribution in [0.4, 0.5) is 4.39 Å². The maximum atomic E-state index is 14.1. The molecule has 0 bridgehead atoms. The van der Waals surface area contributed by atoms with Crippen LogP contribution in [0.25, 0.3) is 5.57 Å². The lowest BCUT2D eigenvalue weighted by Crippen LogP contribution is -2.33. The van der Waals surface area contributed by atoms with Crippen molar-refractivity contribution < 1.29 is 23.8 Å². The van der Waals surface area contributed by atoms with Gasteiger partial charge in [0.1, 0.15) is 18.2 Å². The van der Waals surface area contributed by atoms with Crippen LogP contribution in [-0.2, 0) is 29.2 Å². The maximum Gasteiger partial charge on any atom is 0.328 e. The zero-order chi connectivity index (χ0) is 27.1. The third-order valence-electron chi connectivity index (χ3n) is 6.55. The first-order valence-corrected chi connectivity index (χ1v) is 12.8. The number of aromatic nitrogens is 4. The highest BCUT2D eigenvalue weighted by Gasteiger charge is 2.24. The minimum absolute atomic E-state index is 0.0742. The third-order valence-corrected chi connectivity index (χ3v) is 6.78. The van der Waals surface area contributed by atoms with E-state index in [1.54, 1.807) is 32.2 Å². The Bertz CT molecular complexity index is 1290. The van der Waals surface area contributed by atoms with Crippen LogP contribution in [0.2, 0.25) is 5.02 Å². The Labute approximate surface area is 225 Å². The number of rotatable bonds is 11. The van der Waals surface area contributed by atoms with Crippen molar-refractivity contribution in [2.75, 3.05) is 26.8 Å². The van der Waals surface area contributed by atoms with E-state index in [0.717, 1.165) is 43.5 Å². The maximum absolute atomic E-state index is 14.1. The second kappa shape index (κ2) is 12.9. The SMILES string of the molecule is COCCn1c(CN2CCC(c3cccc(OCc4ccc(Cl)cc4F)n3)CC2)nnc1C(C)=CC(=O)O. The van der Waals surface area contributed by atoms with Crippen molar-refractivity contribution in [1.29, 1.82) is 0 Å². The number of aliphatic carboxylic acids is 1. The molecule has 0 amide bonds. The minimum Gasteiger partial charge on any atom is -0.478 e. The molecule has 3 heterocycles. The summed E-state index contributed by atoms with van der Waals surface area (Å²) in [7, 11) is 1.62. The molecule has 38 heavy (non-hydrogen) atoms. The highest BCUT2D eigenvalue weighted by atomic mass is 35.5. The Morgan fingerprint density at radius 2 is 2.03 bits per heavy atom. The van der Waals surface area contributed by atoms with Crippen LogP contribution < -0.4 is 4.74 Å². The van der Waals surface area contributed by atoms with Crippen molar-refractivity contribution in [1.82, 2.24) is 24.6 Å². The standard InChI is InChI=1S/C27H31ClFN5O4/c1-18(14-26(35)36)27-32-31-24(34(27)12-13-37-2)16-33-10-8-19(9-11-33)23-4-3-5-25(30-23)38-17-20-6-7-21(28)15-22(20)29/h3-7,14-15,19H,8-13,16-17H2,1-2H3,(H,35,36). The molecule has 1 aliphatic rings. The van der Waals surface area contributed by atoms with E-state index in [1.165, 1.54) is 6.07 Å². The van der Waals surface area contributed by atoms with Crippen LogP contribution in [0.5, 0.6) is 5.88 Å². The number of ether oxygens (including phenoxy) is 2. The summed E-state index contributed by atoms with van der Waals surface area (Å²) in [5, 5.41) is 18.1.